The Kier molecular flexibility index (Phi) is 4.60. The van der Waals surface area contributed by atoms with E-state index in [9.17, 15) is 9.90 Å². The molecule has 0 unspecified atom stereocenters. The monoisotopic (exact) mass is 301 g/mol. The normalized spacial score (nSPS) is 15.7. The zero-order chi connectivity index (χ0) is 16.4. The third-order valence-electron chi connectivity index (χ3n) is 3.88. The molecule has 4 nitrogen and oxygen atoms in total. The van der Waals surface area contributed by atoms with E-state index in [1.54, 1.807) is 38.0 Å². The minimum absolute atomic E-state index is 0.0264. The van der Waals surface area contributed by atoms with Crippen LogP contribution in [-0.2, 0) is 4.74 Å². The second-order valence-corrected chi connectivity index (χ2v) is 6.41. The number of methoxy groups -OCH3 is 1. The van der Waals surface area contributed by atoms with Crippen LogP contribution in [-0.4, -0.2) is 47.8 Å². The Bertz CT molecular complexity index is 615. The summed E-state index contributed by atoms with van der Waals surface area (Å²) in [7, 11) is 3.48. The Morgan fingerprint density at radius 3 is 2.68 bits per heavy atom. The van der Waals surface area contributed by atoms with Gasteiger partial charge in [0.25, 0.3) is 5.91 Å². The molecular formula is C18H23NO3. The molecule has 1 saturated carbocycles. The van der Waals surface area contributed by atoms with Crippen LogP contribution < -0.4 is 0 Å². The molecule has 22 heavy (non-hydrogen) atoms. The summed E-state index contributed by atoms with van der Waals surface area (Å²) < 4.78 is 5.23. The number of hydrogen-bond acceptors (Lipinski definition) is 3. The number of ether oxygens (including phenoxy) is 1. The Morgan fingerprint density at radius 1 is 1.45 bits per heavy atom. The highest BCUT2D eigenvalue weighted by molar-refractivity contribution is 5.95. The number of carbonyl (C=O) groups is 1. The van der Waals surface area contributed by atoms with Crippen molar-refractivity contribution in [3.8, 4) is 11.8 Å². The molecule has 0 saturated heterocycles. The van der Waals surface area contributed by atoms with Crippen LogP contribution >= 0.6 is 0 Å². The van der Waals surface area contributed by atoms with Gasteiger partial charge in [-0.05, 0) is 44.9 Å². The van der Waals surface area contributed by atoms with Gasteiger partial charge in [-0.15, -0.1) is 0 Å². The van der Waals surface area contributed by atoms with Gasteiger partial charge in [-0.25, -0.2) is 0 Å². The summed E-state index contributed by atoms with van der Waals surface area (Å²) in [5.41, 5.74) is 0.124. The molecule has 0 heterocycles. The predicted molar refractivity (Wildman–Crippen MR) is 85.6 cm³/mol. The molecule has 118 valence electrons. The molecule has 1 aliphatic rings. The summed E-state index contributed by atoms with van der Waals surface area (Å²) >= 11 is 0. The largest absolute Gasteiger partial charge is 0.382 e. The number of likely N-dealkylation sites (N-methyl/N-ethyl adjacent to an activating group) is 1. The van der Waals surface area contributed by atoms with Gasteiger partial charge in [-0.3, -0.25) is 4.79 Å². The van der Waals surface area contributed by atoms with Crippen LogP contribution in [0.2, 0.25) is 0 Å². The third kappa shape index (κ3) is 3.88. The van der Waals surface area contributed by atoms with Crippen molar-refractivity contribution in [3.63, 3.8) is 0 Å². The van der Waals surface area contributed by atoms with Crippen LogP contribution in [0.5, 0.6) is 0 Å². The maximum Gasteiger partial charge on any atom is 0.254 e. The van der Waals surface area contributed by atoms with E-state index in [1.165, 1.54) is 0 Å². The van der Waals surface area contributed by atoms with Gasteiger partial charge >= 0.3 is 0 Å². The van der Waals surface area contributed by atoms with Crippen LogP contribution in [0.3, 0.4) is 0 Å². The van der Waals surface area contributed by atoms with E-state index in [4.69, 9.17) is 4.74 Å². The SMILES string of the molecule is COCC1(N(C)C(=O)c2cccc(C#CC(C)(C)O)c2)CC1. The molecule has 4 heteroatoms. The maximum absolute atomic E-state index is 12.6. The Morgan fingerprint density at radius 2 is 2.14 bits per heavy atom. The first-order chi connectivity index (χ1) is 10.3. The summed E-state index contributed by atoms with van der Waals surface area (Å²) in [5, 5.41) is 9.66. The average Bonchev–Trinajstić information content (AvgIpc) is 3.24. The van der Waals surface area contributed by atoms with Crippen molar-refractivity contribution < 1.29 is 14.6 Å². The molecule has 0 atom stereocenters. The smallest absolute Gasteiger partial charge is 0.254 e. The topological polar surface area (TPSA) is 49.8 Å². The number of rotatable bonds is 4. The number of benzene rings is 1. The molecule has 0 bridgehead atoms. The van der Waals surface area contributed by atoms with Gasteiger partial charge in [0, 0.05) is 25.3 Å². The van der Waals surface area contributed by atoms with Crippen molar-refractivity contribution in [1.29, 1.82) is 0 Å². The first kappa shape index (κ1) is 16.5. The van der Waals surface area contributed by atoms with Gasteiger partial charge in [0.2, 0.25) is 0 Å². The van der Waals surface area contributed by atoms with Gasteiger partial charge in [-0.2, -0.15) is 0 Å². The maximum atomic E-state index is 12.6. The zero-order valence-electron chi connectivity index (χ0n) is 13.6. The molecule has 0 aromatic heterocycles. The number of hydrogen-bond donors (Lipinski definition) is 1. The summed E-state index contributed by atoms with van der Waals surface area (Å²) in [6.07, 6.45) is 1.95. The van der Waals surface area contributed by atoms with Gasteiger partial charge in [0.05, 0.1) is 12.1 Å². The second kappa shape index (κ2) is 6.12. The predicted octanol–water partition coefficient (Wildman–Crippen LogP) is 2.06. The average molecular weight is 301 g/mol. The Labute approximate surface area is 132 Å². The molecule has 0 spiro atoms. The molecule has 1 fully saturated rings. The number of nitrogens with zero attached hydrogens (tertiary/aromatic N) is 1. The quantitative estimate of drug-likeness (QED) is 0.866. The van der Waals surface area contributed by atoms with Crippen molar-refractivity contribution in [2.24, 2.45) is 0 Å². The van der Waals surface area contributed by atoms with E-state index in [-0.39, 0.29) is 11.4 Å². The fourth-order valence-electron chi connectivity index (χ4n) is 2.35. The highest BCUT2D eigenvalue weighted by atomic mass is 16.5. The highest BCUT2D eigenvalue weighted by Gasteiger charge is 2.48. The van der Waals surface area contributed by atoms with Crippen LogP contribution in [0.1, 0.15) is 42.6 Å². The van der Waals surface area contributed by atoms with E-state index in [0.29, 0.717) is 12.2 Å². The number of amides is 1. The minimum Gasteiger partial charge on any atom is -0.382 e. The molecule has 1 aliphatic carbocycles. The lowest BCUT2D eigenvalue weighted by molar-refractivity contribution is 0.0551. The van der Waals surface area contributed by atoms with Crippen molar-refractivity contribution in [2.75, 3.05) is 20.8 Å². The van der Waals surface area contributed by atoms with E-state index >= 15 is 0 Å². The molecule has 1 aromatic carbocycles. The minimum atomic E-state index is -1.05. The van der Waals surface area contributed by atoms with Crippen LogP contribution in [0.25, 0.3) is 0 Å². The highest BCUT2D eigenvalue weighted by Crippen LogP contribution is 2.41. The van der Waals surface area contributed by atoms with Gasteiger partial charge < -0.3 is 14.7 Å². The van der Waals surface area contributed by atoms with Crippen LogP contribution in [0, 0.1) is 11.8 Å². The fourth-order valence-corrected chi connectivity index (χ4v) is 2.35. The van der Waals surface area contributed by atoms with E-state index in [0.717, 1.165) is 18.4 Å². The van der Waals surface area contributed by atoms with Crippen molar-refractivity contribution in [1.82, 2.24) is 4.90 Å². The zero-order valence-corrected chi connectivity index (χ0v) is 13.6. The molecule has 1 amide bonds. The number of aliphatic hydroxyl groups is 1. The van der Waals surface area contributed by atoms with Gasteiger partial charge in [0.1, 0.15) is 5.60 Å². The molecule has 0 aliphatic heterocycles. The number of carbonyl (C=O) groups excluding carboxylic acids is 1. The first-order valence-electron chi connectivity index (χ1n) is 7.40. The van der Waals surface area contributed by atoms with Crippen molar-refractivity contribution in [2.45, 2.75) is 37.8 Å². The third-order valence-corrected chi connectivity index (χ3v) is 3.88. The Balaban J connectivity index is 2.18. The van der Waals surface area contributed by atoms with Crippen molar-refractivity contribution >= 4 is 5.91 Å². The lowest BCUT2D eigenvalue weighted by Crippen LogP contribution is -2.42. The second-order valence-electron chi connectivity index (χ2n) is 6.41. The summed E-state index contributed by atoms with van der Waals surface area (Å²) in [6, 6.07) is 7.19. The first-order valence-corrected chi connectivity index (χ1v) is 7.40. The van der Waals surface area contributed by atoms with E-state index in [1.807, 2.05) is 19.2 Å². The van der Waals surface area contributed by atoms with Crippen molar-refractivity contribution in [3.05, 3.63) is 35.4 Å². The van der Waals surface area contributed by atoms with E-state index < -0.39 is 5.60 Å². The summed E-state index contributed by atoms with van der Waals surface area (Å²) in [5.74, 6) is 5.63. The molecule has 1 N–H and O–H groups in total. The lowest BCUT2D eigenvalue weighted by Gasteiger charge is -2.27. The fraction of sp³-hybridized carbons (Fsp3) is 0.500. The molecule has 0 radical (unpaired) electrons. The summed E-state index contributed by atoms with van der Waals surface area (Å²) in [4.78, 5) is 14.4. The molecular weight excluding hydrogens is 278 g/mol. The van der Waals surface area contributed by atoms with Crippen LogP contribution in [0.4, 0.5) is 0 Å². The Hall–Kier alpha value is -1.83. The van der Waals surface area contributed by atoms with Crippen LogP contribution in [0.15, 0.2) is 24.3 Å². The van der Waals surface area contributed by atoms with Gasteiger partial charge in [0.15, 0.2) is 0 Å². The van der Waals surface area contributed by atoms with Gasteiger partial charge in [-0.1, -0.05) is 17.9 Å². The lowest BCUT2D eigenvalue weighted by atomic mass is 10.1. The molecule has 1 aromatic rings. The molecule has 2 rings (SSSR count). The summed E-state index contributed by atoms with van der Waals surface area (Å²) in [6.45, 7) is 3.82. The standard InChI is InChI=1S/C18H23NO3/c1-17(2,21)9-8-14-6-5-7-15(12-14)16(20)19(3)18(10-11-18)13-22-4/h5-7,12,21H,10-11,13H2,1-4H3. The van der Waals surface area contributed by atoms with E-state index in [2.05, 4.69) is 11.8 Å².